The number of alkyl halides is 2. The molecule has 6 rings (SSSR count). The number of halogens is 4. The molecule has 60 heavy (non-hydrogen) atoms. The van der Waals surface area contributed by atoms with Crippen molar-refractivity contribution in [3.05, 3.63) is 107 Å². The van der Waals surface area contributed by atoms with Crippen molar-refractivity contribution < 1.29 is 50.2 Å². The average Bonchev–Trinajstić information content (AvgIpc) is 3.80. The first-order valence-electron chi connectivity index (χ1n) is 17.9. The van der Waals surface area contributed by atoms with Crippen molar-refractivity contribution in [3.63, 3.8) is 0 Å². The average molecular weight is 845 g/mol. The number of nitrogens with two attached hydrogens (primary N) is 1. The third kappa shape index (κ3) is 14.9. The number of carbonyl (C=O) groups excluding carboxylic acids is 2. The molecule has 324 valence electrons. The van der Waals surface area contributed by atoms with Crippen LogP contribution in [0.2, 0.25) is 0 Å². The van der Waals surface area contributed by atoms with E-state index in [-0.39, 0.29) is 62.4 Å². The van der Waals surface area contributed by atoms with Crippen LogP contribution in [-0.4, -0.2) is 61.4 Å². The highest BCUT2D eigenvalue weighted by Gasteiger charge is 2.24. The number of alkyl carbamates (subject to hydrolysis) is 2. The highest BCUT2D eigenvalue weighted by Crippen LogP contribution is 2.27. The van der Waals surface area contributed by atoms with Crippen LogP contribution in [-0.2, 0) is 22.6 Å². The Hall–Kier alpha value is -6.64. The molecule has 0 radical (unpaired) electrons. The number of ether oxygens (including phenoxy) is 2. The molecule has 0 spiro atoms. The highest BCUT2D eigenvalue weighted by molar-refractivity contribution is 5.84. The predicted molar refractivity (Wildman–Crippen MR) is 211 cm³/mol. The number of oxazole rings is 2. The van der Waals surface area contributed by atoms with Gasteiger partial charge in [0.1, 0.15) is 22.8 Å². The van der Waals surface area contributed by atoms with Crippen molar-refractivity contribution >= 4 is 40.2 Å². The second-order valence-corrected chi connectivity index (χ2v) is 14.3. The number of hydrogen-bond acceptors (Lipinski definition) is 14. The molecule has 2 amide bonds. The highest BCUT2D eigenvalue weighted by atomic mass is 19.1. The number of pyridine rings is 4. The molecule has 0 fully saturated rings. The van der Waals surface area contributed by atoms with E-state index in [1.165, 1.54) is 67.4 Å². The van der Waals surface area contributed by atoms with E-state index in [4.69, 9.17) is 24.0 Å². The Bertz CT molecular complexity index is 2320. The third-order valence-electron chi connectivity index (χ3n) is 7.11. The number of carbonyl (C=O) groups is 2. The minimum absolute atomic E-state index is 0. The van der Waals surface area contributed by atoms with Crippen LogP contribution in [0.15, 0.2) is 76.2 Å². The van der Waals surface area contributed by atoms with Gasteiger partial charge in [0.25, 0.3) is 0 Å². The van der Waals surface area contributed by atoms with E-state index in [0.29, 0.717) is 32.9 Å². The maximum absolute atomic E-state index is 14.5. The maximum Gasteiger partial charge on any atom is 0.407 e. The lowest BCUT2D eigenvalue weighted by Gasteiger charge is -2.19. The molecule has 0 bridgehead atoms. The Morgan fingerprint density at radius 1 is 0.800 bits per heavy atom. The van der Waals surface area contributed by atoms with Crippen LogP contribution in [0.1, 0.15) is 84.5 Å². The third-order valence-corrected chi connectivity index (χ3v) is 7.11. The van der Waals surface area contributed by atoms with Gasteiger partial charge in [-0.15, -0.1) is 0 Å². The Morgan fingerprint density at radius 3 is 1.85 bits per heavy atom. The number of nitrogens with zero attached hydrogens (tertiary/aromatic N) is 6. The summed E-state index contributed by atoms with van der Waals surface area (Å²) in [6, 6.07) is 8.61. The molecule has 0 saturated heterocycles. The van der Waals surface area contributed by atoms with Crippen LogP contribution in [0, 0.1) is 16.8 Å². The Labute approximate surface area is 342 Å². The quantitative estimate of drug-likeness (QED) is 0.0606. The second-order valence-electron chi connectivity index (χ2n) is 14.3. The molecule has 0 aliphatic carbocycles. The molecule has 0 aromatic carbocycles. The zero-order valence-electron chi connectivity index (χ0n) is 33.0. The zero-order valence-corrected chi connectivity index (χ0v) is 33.0. The fourth-order valence-electron chi connectivity index (χ4n) is 4.58. The molecular weight excluding hydrogens is 796 g/mol. The van der Waals surface area contributed by atoms with Gasteiger partial charge in [-0.3, -0.25) is 9.97 Å². The Morgan fingerprint density at radius 2 is 1.33 bits per heavy atom. The first-order chi connectivity index (χ1) is 27.8. The molecular formula is C39H48F4N10O7. The number of amides is 2. The lowest BCUT2D eigenvalue weighted by Crippen LogP contribution is -2.34. The summed E-state index contributed by atoms with van der Waals surface area (Å²) in [7, 11) is 0. The molecule has 2 unspecified atom stereocenters. The summed E-state index contributed by atoms with van der Waals surface area (Å²) in [5, 5.41) is 18.6. The number of aromatic nitrogens is 6. The monoisotopic (exact) mass is 844 g/mol. The van der Waals surface area contributed by atoms with E-state index in [9.17, 15) is 32.4 Å². The van der Waals surface area contributed by atoms with Gasteiger partial charge in [-0.1, -0.05) is 7.43 Å². The van der Waals surface area contributed by atoms with Gasteiger partial charge in [0, 0.05) is 37.3 Å². The van der Waals surface area contributed by atoms with Gasteiger partial charge < -0.3 is 45.2 Å². The van der Waals surface area contributed by atoms with Gasteiger partial charge >= 0.3 is 12.2 Å². The topological polar surface area (TPSA) is 232 Å². The van der Waals surface area contributed by atoms with Crippen LogP contribution < -0.4 is 26.4 Å². The largest absolute Gasteiger partial charge is 0.619 e. The normalized spacial score (nSPS) is 12.1. The van der Waals surface area contributed by atoms with E-state index in [1.807, 2.05) is 0 Å². The van der Waals surface area contributed by atoms with Crippen molar-refractivity contribution in [2.45, 2.75) is 85.6 Å². The minimum atomic E-state index is -1.68. The van der Waals surface area contributed by atoms with Crippen LogP contribution >= 0.6 is 0 Å². The fraction of sp³-hybridized carbons (Fsp3) is 0.385. The number of nitrogens with one attached hydrogen (secondary N) is 3. The minimum Gasteiger partial charge on any atom is -0.619 e. The molecule has 21 heteroatoms. The molecule has 6 aromatic rings. The molecule has 0 saturated carbocycles. The Kier molecular flexibility index (Phi) is 17.0. The smallest absolute Gasteiger partial charge is 0.407 e. The summed E-state index contributed by atoms with van der Waals surface area (Å²) in [5.74, 6) is -0.900. The standard InChI is InChI=1S/C19H21F2N5O3.C13H16FN3O4.C6H7FN2.CH4/c1-19(2,3)29-18(27)25-9-12(21)17-26-15-14(28-17)6-8-23-16(15)24-10-13-11(20)5-4-7-22-13;1-13(2,3)21-12(18)15-6-8(14)11-16-9-7-17(19)5-4-10(9)20-11;7-5-2-1-3-9-6(5)4-8;/h4-8,12H,9-10H2,1-3H3,(H,23,24)(H,25,27);4-5,7-8H,6H2,1-3H3,(H,15,18);1-3H,4,8H2;1H4. The first kappa shape index (κ1) is 47.7. The summed E-state index contributed by atoms with van der Waals surface area (Å²) in [6.07, 6.45) is 2.08. The molecule has 0 aliphatic heterocycles. The lowest BCUT2D eigenvalue weighted by molar-refractivity contribution is -0.604. The van der Waals surface area contributed by atoms with Crippen LogP contribution in [0.4, 0.5) is 33.0 Å². The van der Waals surface area contributed by atoms with Crippen molar-refractivity contribution in [2.24, 2.45) is 5.73 Å². The van der Waals surface area contributed by atoms with E-state index >= 15 is 0 Å². The summed E-state index contributed by atoms with van der Waals surface area (Å²) in [4.78, 5) is 42.9. The van der Waals surface area contributed by atoms with Crippen molar-refractivity contribution in [1.29, 1.82) is 0 Å². The number of anilines is 1. The summed E-state index contributed by atoms with van der Waals surface area (Å²) >= 11 is 0. The van der Waals surface area contributed by atoms with Crippen LogP contribution in [0.3, 0.4) is 0 Å². The molecule has 6 aromatic heterocycles. The van der Waals surface area contributed by atoms with Crippen molar-refractivity contribution in [1.82, 2.24) is 35.6 Å². The first-order valence-corrected chi connectivity index (χ1v) is 17.9. The fourth-order valence-corrected chi connectivity index (χ4v) is 4.58. The summed E-state index contributed by atoms with van der Waals surface area (Å²) in [6.45, 7) is 9.77. The SMILES string of the molecule is C.CC(C)(C)OC(=O)NCC(F)c1nc2c(NCc3ncccc3F)nccc2o1.CC(C)(C)OC(=O)NCC(F)c1nc2c[n+]([O-])ccc2o1.NCc1ncccc1F. The van der Waals surface area contributed by atoms with Gasteiger partial charge in [-0.25, -0.2) is 42.1 Å². The van der Waals surface area contributed by atoms with Gasteiger partial charge in [-0.2, -0.15) is 4.73 Å². The van der Waals surface area contributed by atoms with Gasteiger partial charge in [-0.05, 0) is 65.8 Å². The summed E-state index contributed by atoms with van der Waals surface area (Å²) < 4.78 is 75.8. The number of hydrogen-bond donors (Lipinski definition) is 4. The van der Waals surface area contributed by atoms with Gasteiger partial charge in [0.15, 0.2) is 46.6 Å². The van der Waals surface area contributed by atoms with Crippen molar-refractivity contribution in [2.75, 3.05) is 18.4 Å². The van der Waals surface area contributed by atoms with E-state index < -0.39 is 41.5 Å². The van der Waals surface area contributed by atoms with Crippen LogP contribution in [0.5, 0.6) is 0 Å². The molecule has 5 N–H and O–H groups in total. The lowest BCUT2D eigenvalue weighted by atomic mass is 10.2. The zero-order chi connectivity index (χ0) is 43.3. The van der Waals surface area contributed by atoms with Crippen molar-refractivity contribution in [3.8, 4) is 0 Å². The molecule has 0 aliphatic rings. The van der Waals surface area contributed by atoms with Crippen LogP contribution in [0.25, 0.3) is 22.2 Å². The number of fused-ring (bicyclic) bond motifs is 2. The van der Waals surface area contributed by atoms with E-state index in [2.05, 4.69) is 40.9 Å². The van der Waals surface area contributed by atoms with E-state index in [1.54, 1.807) is 41.5 Å². The molecule has 17 nitrogen and oxygen atoms in total. The maximum atomic E-state index is 14.5. The molecule has 6 heterocycles. The number of rotatable bonds is 10. The Balaban J connectivity index is 0.000000270. The van der Waals surface area contributed by atoms with Gasteiger partial charge in [0.2, 0.25) is 18.0 Å². The predicted octanol–water partition coefficient (Wildman–Crippen LogP) is 7.22. The van der Waals surface area contributed by atoms with Gasteiger partial charge in [0.05, 0.1) is 31.0 Å². The summed E-state index contributed by atoms with van der Waals surface area (Å²) in [5.41, 5.74) is 5.48. The van der Waals surface area contributed by atoms with E-state index in [0.717, 1.165) is 0 Å². The second kappa shape index (κ2) is 21.4. The molecule has 2 atom stereocenters.